The third-order valence-corrected chi connectivity index (χ3v) is 8.63. The first kappa shape index (κ1) is 34.1. The van der Waals surface area contributed by atoms with Gasteiger partial charge in [0.05, 0.1) is 24.5 Å². The highest BCUT2D eigenvalue weighted by Crippen LogP contribution is 2.30. The monoisotopic (exact) mass is 646 g/mol. The first-order chi connectivity index (χ1) is 22.8. The highest BCUT2D eigenvalue weighted by molar-refractivity contribution is 6.07. The molecule has 1 aliphatic rings. The summed E-state index contributed by atoms with van der Waals surface area (Å²) in [6.07, 6.45) is 3.15. The van der Waals surface area contributed by atoms with Crippen molar-refractivity contribution in [3.63, 3.8) is 0 Å². The number of hydrogen-bond donors (Lipinski definition) is 2. The second-order valence-corrected chi connectivity index (χ2v) is 13.1. The first-order valence-electron chi connectivity index (χ1n) is 16.0. The Balaban J connectivity index is 1.43. The number of carbonyl (C=O) groups is 3. The predicted molar refractivity (Wildman–Crippen MR) is 190 cm³/mol. The van der Waals surface area contributed by atoms with Gasteiger partial charge in [0.1, 0.15) is 5.69 Å². The van der Waals surface area contributed by atoms with E-state index < -0.39 is 5.91 Å². The van der Waals surface area contributed by atoms with E-state index in [2.05, 4.69) is 38.0 Å². The molecule has 9 nitrogen and oxygen atoms in total. The zero-order valence-corrected chi connectivity index (χ0v) is 28.2. The number of benzene rings is 3. The standard InChI is InChI=1S/C39H42N4O5/c1-7-36(45)41-33-23-30(15-16-32(33)37(46)43-17-19-48-20-18-43)40-34-21-28(24-42(6)38(34)47)31-10-8-9-27(25(31)2)22-35(44)26-11-13-29(14-12-26)39(3,4)5/h7-16,21,23-24,40H,1,17-20,22H2,2-6H3,(H,41,45). The molecule has 4 aromatic rings. The first-order valence-corrected chi connectivity index (χ1v) is 16.0. The van der Waals surface area contributed by atoms with Gasteiger partial charge in [0.15, 0.2) is 5.78 Å². The average Bonchev–Trinajstić information content (AvgIpc) is 3.07. The summed E-state index contributed by atoms with van der Waals surface area (Å²) >= 11 is 0. The van der Waals surface area contributed by atoms with Gasteiger partial charge in [0.25, 0.3) is 11.5 Å². The van der Waals surface area contributed by atoms with Crippen LogP contribution in [-0.4, -0.2) is 53.4 Å². The van der Waals surface area contributed by atoms with Crippen LogP contribution in [0.25, 0.3) is 11.1 Å². The number of amides is 2. The molecule has 1 saturated heterocycles. The maximum Gasteiger partial charge on any atom is 0.274 e. The smallest absolute Gasteiger partial charge is 0.274 e. The lowest BCUT2D eigenvalue weighted by Gasteiger charge is -2.27. The van der Waals surface area contributed by atoms with Gasteiger partial charge in [-0.25, -0.2) is 0 Å². The number of Topliss-reactive ketones (excluding diaryl/α,β-unsaturated/α-hetero) is 1. The molecule has 9 heteroatoms. The largest absolute Gasteiger partial charge is 0.378 e. The fraction of sp³-hybridized carbons (Fsp3) is 0.282. The number of rotatable bonds is 9. The molecule has 0 atom stereocenters. The van der Waals surface area contributed by atoms with E-state index in [1.54, 1.807) is 42.4 Å². The van der Waals surface area contributed by atoms with Gasteiger partial charge in [-0.3, -0.25) is 19.2 Å². The predicted octanol–water partition coefficient (Wildman–Crippen LogP) is 6.42. The number of nitrogens with zero attached hydrogens (tertiary/aromatic N) is 2. The molecule has 1 fully saturated rings. The van der Waals surface area contributed by atoms with Crippen LogP contribution in [0.3, 0.4) is 0 Å². The number of aryl methyl sites for hydroxylation is 1. The van der Waals surface area contributed by atoms with E-state index in [4.69, 9.17) is 4.74 Å². The van der Waals surface area contributed by atoms with Gasteiger partial charge in [0.2, 0.25) is 5.91 Å². The summed E-state index contributed by atoms with van der Waals surface area (Å²) in [5.41, 5.74) is 6.57. The number of pyridine rings is 1. The van der Waals surface area contributed by atoms with E-state index in [1.165, 1.54) is 10.1 Å². The zero-order chi connectivity index (χ0) is 34.6. The second kappa shape index (κ2) is 14.2. The molecule has 1 aliphatic heterocycles. The van der Waals surface area contributed by atoms with Crippen LogP contribution in [0.15, 0.2) is 90.4 Å². The Labute approximate surface area is 281 Å². The third-order valence-electron chi connectivity index (χ3n) is 8.63. The molecular weight excluding hydrogens is 604 g/mol. The Morgan fingerprint density at radius 3 is 2.33 bits per heavy atom. The van der Waals surface area contributed by atoms with Gasteiger partial charge in [-0.1, -0.05) is 69.8 Å². The van der Waals surface area contributed by atoms with E-state index in [0.29, 0.717) is 54.5 Å². The molecule has 0 aliphatic carbocycles. The van der Waals surface area contributed by atoms with Crippen LogP contribution in [0, 0.1) is 6.92 Å². The molecule has 2 amide bonds. The minimum atomic E-state index is -0.461. The van der Waals surface area contributed by atoms with E-state index in [9.17, 15) is 19.2 Å². The highest BCUT2D eigenvalue weighted by Gasteiger charge is 2.23. The van der Waals surface area contributed by atoms with Crippen molar-refractivity contribution in [3.8, 4) is 11.1 Å². The lowest BCUT2D eigenvalue weighted by molar-refractivity contribution is -0.111. The van der Waals surface area contributed by atoms with Crippen molar-refractivity contribution >= 4 is 34.7 Å². The zero-order valence-electron chi connectivity index (χ0n) is 28.2. The van der Waals surface area contributed by atoms with Gasteiger partial charge in [-0.05, 0) is 64.9 Å². The van der Waals surface area contributed by atoms with Gasteiger partial charge in [-0.2, -0.15) is 0 Å². The van der Waals surface area contributed by atoms with Gasteiger partial charge in [0, 0.05) is 49.6 Å². The lowest BCUT2D eigenvalue weighted by Crippen LogP contribution is -2.41. The van der Waals surface area contributed by atoms with E-state index in [1.807, 2.05) is 49.4 Å². The summed E-state index contributed by atoms with van der Waals surface area (Å²) in [5.74, 6) is -0.650. The number of aromatic nitrogens is 1. The van der Waals surface area contributed by atoms with Gasteiger partial charge >= 0.3 is 0 Å². The summed E-state index contributed by atoms with van der Waals surface area (Å²) < 4.78 is 6.88. The minimum absolute atomic E-state index is 0.00521. The van der Waals surface area contributed by atoms with E-state index in [0.717, 1.165) is 28.3 Å². The summed E-state index contributed by atoms with van der Waals surface area (Å²) in [4.78, 5) is 53.9. The molecule has 2 N–H and O–H groups in total. The second-order valence-electron chi connectivity index (χ2n) is 13.1. The van der Waals surface area contributed by atoms with Crippen LogP contribution in [0.5, 0.6) is 0 Å². The number of ether oxygens (including phenoxy) is 1. The Bertz CT molecular complexity index is 1930. The van der Waals surface area contributed by atoms with Crippen LogP contribution < -0.4 is 16.2 Å². The van der Waals surface area contributed by atoms with Crippen molar-refractivity contribution in [2.75, 3.05) is 36.9 Å². The van der Waals surface area contributed by atoms with Crippen molar-refractivity contribution in [2.24, 2.45) is 7.05 Å². The fourth-order valence-corrected chi connectivity index (χ4v) is 5.76. The molecule has 248 valence electrons. The number of ketones is 1. The number of anilines is 3. The third kappa shape index (κ3) is 7.64. The Hall–Kier alpha value is -5.28. The SMILES string of the molecule is C=CC(=O)Nc1cc(Nc2cc(-c3cccc(CC(=O)c4ccc(C(C)(C)C)cc4)c3C)cn(C)c2=O)ccc1C(=O)N1CCOCC1. The van der Waals surface area contributed by atoms with Crippen LogP contribution in [0.1, 0.15) is 58.2 Å². The molecule has 0 saturated carbocycles. The quantitative estimate of drug-likeness (QED) is 0.160. The van der Waals surface area contributed by atoms with Crippen molar-refractivity contribution in [1.82, 2.24) is 9.47 Å². The Kier molecular flexibility index (Phi) is 10.1. The molecule has 0 radical (unpaired) electrons. The van der Waals surface area contributed by atoms with E-state index >= 15 is 0 Å². The number of hydrogen-bond acceptors (Lipinski definition) is 6. The van der Waals surface area contributed by atoms with Crippen LogP contribution in [0.4, 0.5) is 17.1 Å². The van der Waals surface area contributed by atoms with Crippen molar-refractivity contribution in [1.29, 1.82) is 0 Å². The average molecular weight is 647 g/mol. The molecule has 0 spiro atoms. The molecule has 5 rings (SSSR count). The van der Waals surface area contributed by atoms with Crippen molar-refractivity contribution < 1.29 is 19.1 Å². The van der Waals surface area contributed by atoms with Crippen LogP contribution in [-0.2, 0) is 28.4 Å². The molecule has 0 bridgehead atoms. The molecular formula is C39H42N4O5. The van der Waals surface area contributed by atoms with Crippen LogP contribution >= 0.6 is 0 Å². The summed E-state index contributed by atoms with van der Waals surface area (Å²) in [7, 11) is 1.68. The summed E-state index contributed by atoms with van der Waals surface area (Å²) in [5, 5.41) is 5.93. The maximum absolute atomic E-state index is 13.3. The molecule has 1 aromatic heterocycles. The Morgan fingerprint density at radius 1 is 0.958 bits per heavy atom. The maximum atomic E-state index is 13.3. The van der Waals surface area contributed by atoms with Gasteiger partial charge in [-0.15, -0.1) is 0 Å². The number of morpholine rings is 1. The molecule has 2 heterocycles. The summed E-state index contributed by atoms with van der Waals surface area (Å²) in [6, 6.07) is 20.4. The van der Waals surface area contributed by atoms with Crippen molar-refractivity contribution in [2.45, 2.75) is 39.5 Å². The molecule has 3 aromatic carbocycles. The normalized spacial score (nSPS) is 13.1. The number of carbonyl (C=O) groups excluding carboxylic acids is 3. The molecule has 0 unspecified atom stereocenters. The topological polar surface area (TPSA) is 110 Å². The number of nitrogens with one attached hydrogen (secondary N) is 2. The minimum Gasteiger partial charge on any atom is -0.378 e. The van der Waals surface area contributed by atoms with E-state index in [-0.39, 0.29) is 29.1 Å². The van der Waals surface area contributed by atoms with Crippen molar-refractivity contribution in [3.05, 3.63) is 124 Å². The lowest BCUT2D eigenvalue weighted by atomic mass is 9.86. The van der Waals surface area contributed by atoms with Gasteiger partial charge < -0.3 is 24.8 Å². The highest BCUT2D eigenvalue weighted by atomic mass is 16.5. The Morgan fingerprint density at radius 2 is 1.67 bits per heavy atom. The van der Waals surface area contributed by atoms with Crippen LogP contribution in [0.2, 0.25) is 0 Å². The summed E-state index contributed by atoms with van der Waals surface area (Å²) in [6.45, 7) is 13.7. The molecule has 48 heavy (non-hydrogen) atoms. The fourth-order valence-electron chi connectivity index (χ4n) is 5.76.